The zero-order valence-electron chi connectivity index (χ0n) is 20.6. The zero-order chi connectivity index (χ0) is 24.1. The third kappa shape index (κ3) is 6.60. The highest BCUT2D eigenvalue weighted by Crippen LogP contribution is 2.34. The summed E-state index contributed by atoms with van der Waals surface area (Å²) in [6.45, 7) is 7.40. The first-order valence-corrected chi connectivity index (χ1v) is 13.3. The van der Waals surface area contributed by atoms with E-state index in [2.05, 4.69) is 42.3 Å². The number of carbonyl (C=O) groups excluding carboxylic acids is 1. The van der Waals surface area contributed by atoms with Gasteiger partial charge in [0.15, 0.2) is 0 Å². The molecule has 1 N–H and O–H groups in total. The fraction of sp³-hybridized carbons (Fsp3) is 0.593. The molecule has 7 heteroatoms. The third-order valence-electron chi connectivity index (χ3n) is 6.77. The molecular formula is C27H38N2O4S. The minimum absolute atomic E-state index is 0.0982. The highest BCUT2D eigenvalue weighted by atomic mass is 32.1. The topological polar surface area (TPSA) is 62.2 Å². The van der Waals surface area contributed by atoms with Gasteiger partial charge in [-0.2, -0.15) is 0 Å². The van der Waals surface area contributed by atoms with E-state index in [0.29, 0.717) is 38.1 Å². The van der Waals surface area contributed by atoms with Crippen molar-refractivity contribution >= 4 is 17.2 Å². The summed E-state index contributed by atoms with van der Waals surface area (Å²) in [4.78, 5) is 19.0. The summed E-state index contributed by atoms with van der Waals surface area (Å²) in [5, 5.41) is 12.4. The number of hydrogen-bond donors (Lipinski definition) is 1. The number of aliphatic hydroxyl groups excluding tert-OH is 1. The van der Waals surface area contributed by atoms with Gasteiger partial charge in [0.2, 0.25) is 5.91 Å². The van der Waals surface area contributed by atoms with Gasteiger partial charge in [0.1, 0.15) is 12.4 Å². The smallest absolute Gasteiger partial charge is 0.237 e. The molecule has 0 spiro atoms. The van der Waals surface area contributed by atoms with E-state index < -0.39 is 6.10 Å². The molecule has 1 amide bonds. The van der Waals surface area contributed by atoms with Gasteiger partial charge in [-0.25, -0.2) is 0 Å². The normalized spacial score (nSPS) is 18.9. The summed E-state index contributed by atoms with van der Waals surface area (Å²) in [6.07, 6.45) is 2.71. The van der Waals surface area contributed by atoms with Crippen LogP contribution in [0.3, 0.4) is 0 Å². The van der Waals surface area contributed by atoms with Crippen LogP contribution in [0, 0.1) is 5.92 Å². The van der Waals surface area contributed by atoms with Crippen molar-refractivity contribution in [3.05, 3.63) is 51.7 Å². The largest absolute Gasteiger partial charge is 0.491 e. The molecule has 1 aliphatic heterocycles. The predicted molar refractivity (Wildman–Crippen MR) is 136 cm³/mol. The molecule has 0 bridgehead atoms. The summed E-state index contributed by atoms with van der Waals surface area (Å²) in [5.41, 5.74) is 2.49. The lowest BCUT2D eigenvalue weighted by Gasteiger charge is -2.37. The van der Waals surface area contributed by atoms with Crippen LogP contribution in [0.25, 0.3) is 0 Å². The van der Waals surface area contributed by atoms with Gasteiger partial charge < -0.3 is 19.5 Å². The van der Waals surface area contributed by atoms with Crippen molar-refractivity contribution in [1.82, 2.24) is 9.80 Å². The summed E-state index contributed by atoms with van der Waals surface area (Å²) < 4.78 is 11.3. The van der Waals surface area contributed by atoms with E-state index in [4.69, 9.17) is 9.47 Å². The molecule has 2 aromatic rings. The molecule has 2 aliphatic rings. The maximum Gasteiger partial charge on any atom is 0.237 e. The molecule has 6 nitrogen and oxygen atoms in total. The first-order chi connectivity index (χ1) is 16.4. The number of thiophene rings is 1. The number of hydrogen-bond acceptors (Lipinski definition) is 6. The van der Waals surface area contributed by atoms with Gasteiger partial charge in [-0.05, 0) is 65.8 Å². The van der Waals surface area contributed by atoms with Gasteiger partial charge in [0, 0.05) is 31.6 Å². The Morgan fingerprint density at radius 3 is 2.68 bits per heavy atom. The molecule has 186 valence electrons. The van der Waals surface area contributed by atoms with Crippen molar-refractivity contribution in [3.8, 4) is 5.75 Å². The highest BCUT2D eigenvalue weighted by Gasteiger charge is 2.34. The van der Waals surface area contributed by atoms with Crippen LogP contribution < -0.4 is 4.74 Å². The fourth-order valence-corrected chi connectivity index (χ4v) is 5.62. The van der Waals surface area contributed by atoms with Crippen LogP contribution in [-0.2, 0) is 16.0 Å². The number of nitrogens with zero attached hydrogens (tertiary/aromatic N) is 2. The average molecular weight is 487 g/mol. The third-order valence-corrected chi connectivity index (χ3v) is 7.77. The Morgan fingerprint density at radius 2 is 2.00 bits per heavy atom. The van der Waals surface area contributed by atoms with Gasteiger partial charge >= 0.3 is 0 Å². The Balaban J connectivity index is 1.44. The molecule has 1 aromatic heterocycles. The predicted octanol–water partition coefficient (Wildman–Crippen LogP) is 4.10. The lowest BCUT2D eigenvalue weighted by atomic mass is 10.00. The molecule has 1 aliphatic carbocycles. The van der Waals surface area contributed by atoms with Gasteiger partial charge in [0.25, 0.3) is 0 Å². The number of amides is 1. The molecule has 1 saturated carbocycles. The first-order valence-electron chi connectivity index (χ1n) is 12.4. The van der Waals surface area contributed by atoms with Gasteiger partial charge in [-0.15, -0.1) is 11.3 Å². The molecule has 1 fully saturated rings. The van der Waals surface area contributed by atoms with Crippen molar-refractivity contribution in [2.75, 3.05) is 46.5 Å². The van der Waals surface area contributed by atoms with Gasteiger partial charge in [-0.1, -0.05) is 26.0 Å². The number of aliphatic hydroxyl groups is 1. The monoisotopic (exact) mass is 486 g/mol. The SMILES string of the molecule is COC[C@H](O)CN(CC(=O)N1CCc2sccc2[C@@H]1COc1ccc(C(C)C)cc1)CC1CC1. The molecule has 2 heterocycles. The molecule has 0 radical (unpaired) electrons. The number of ether oxygens (including phenoxy) is 2. The molecule has 2 atom stereocenters. The standard InChI is InChI=1S/C27H38N2O4S/c1-19(2)21-6-8-23(9-7-21)33-18-25-24-11-13-34-26(24)10-12-29(25)27(31)16-28(14-20-4-5-20)15-22(30)17-32-3/h6-9,11,13,19-20,22,25,30H,4-5,10,12,14-18H2,1-3H3/t22-,25+/m1/s1. The number of benzene rings is 1. The van der Waals surface area contributed by atoms with Gasteiger partial charge in [0.05, 0.1) is 25.3 Å². The molecule has 0 saturated heterocycles. The zero-order valence-corrected chi connectivity index (χ0v) is 21.4. The Kier molecular flexibility index (Phi) is 8.64. The maximum atomic E-state index is 13.5. The van der Waals surface area contributed by atoms with E-state index in [1.165, 1.54) is 28.8 Å². The Hall–Kier alpha value is -1.93. The van der Waals surface area contributed by atoms with Gasteiger partial charge in [-0.3, -0.25) is 9.69 Å². The quantitative estimate of drug-likeness (QED) is 0.490. The van der Waals surface area contributed by atoms with E-state index >= 15 is 0 Å². The lowest BCUT2D eigenvalue weighted by molar-refractivity contribution is -0.136. The minimum Gasteiger partial charge on any atom is -0.491 e. The second-order valence-corrected chi connectivity index (χ2v) is 10.9. The summed E-state index contributed by atoms with van der Waals surface area (Å²) in [5.74, 6) is 2.05. The maximum absolute atomic E-state index is 13.5. The van der Waals surface area contributed by atoms with Crippen molar-refractivity contribution < 1.29 is 19.4 Å². The molecule has 34 heavy (non-hydrogen) atoms. The van der Waals surface area contributed by atoms with Crippen molar-refractivity contribution in [1.29, 1.82) is 0 Å². The fourth-order valence-electron chi connectivity index (χ4n) is 4.69. The number of methoxy groups -OCH3 is 1. The number of fused-ring (bicyclic) bond motifs is 1. The molecular weight excluding hydrogens is 448 g/mol. The van der Waals surface area contributed by atoms with E-state index in [1.54, 1.807) is 18.4 Å². The van der Waals surface area contributed by atoms with Crippen molar-refractivity contribution in [2.24, 2.45) is 5.92 Å². The Labute approximate surface area is 207 Å². The molecule has 4 rings (SSSR count). The van der Waals surface area contributed by atoms with E-state index in [1.807, 2.05) is 17.0 Å². The second kappa shape index (κ2) is 11.7. The first kappa shape index (κ1) is 25.2. The van der Waals surface area contributed by atoms with Crippen LogP contribution in [0.15, 0.2) is 35.7 Å². The van der Waals surface area contributed by atoms with Crippen molar-refractivity contribution in [2.45, 2.75) is 51.2 Å². The minimum atomic E-state index is -0.589. The van der Waals surface area contributed by atoms with Crippen LogP contribution >= 0.6 is 11.3 Å². The van der Waals surface area contributed by atoms with E-state index in [-0.39, 0.29) is 18.6 Å². The van der Waals surface area contributed by atoms with Crippen LogP contribution in [0.2, 0.25) is 0 Å². The van der Waals surface area contributed by atoms with Crippen LogP contribution in [0.4, 0.5) is 0 Å². The average Bonchev–Trinajstić information content (AvgIpc) is 3.49. The van der Waals surface area contributed by atoms with E-state index in [0.717, 1.165) is 18.7 Å². The van der Waals surface area contributed by atoms with Crippen LogP contribution in [0.1, 0.15) is 54.7 Å². The second-order valence-electron chi connectivity index (χ2n) is 9.93. The highest BCUT2D eigenvalue weighted by molar-refractivity contribution is 7.10. The lowest BCUT2D eigenvalue weighted by Crippen LogP contribution is -2.48. The van der Waals surface area contributed by atoms with Crippen LogP contribution in [-0.4, -0.2) is 73.4 Å². The van der Waals surface area contributed by atoms with E-state index in [9.17, 15) is 9.90 Å². The number of rotatable bonds is 12. The Bertz CT molecular complexity index is 925. The summed E-state index contributed by atoms with van der Waals surface area (Å²) >= 11 is 1.76. The summed E-state index contributed by atoms with van der Waals surface area (Å²) in [6, 6.07) is 10.3. The van der Waals surface area contributed by atoms with Crippen molar-refractivity contribution in [3.63, 3.8) is 0 Å². The molecule has 1 aromatic carbocycles. The molecule has 0 unspecified atom stereocenters. The number of carbonyl (C=O) groups is 1. The Morgan fingerprint density at radius 1 is 1.24 bits per heavy atom. The van der Waals surface area contributed by atoms with Crippen LogP contribution in [0.5, 0.6) is 5.75 Å². The summed E-state index contributed by atoms with van der Waals surface area (Å²) in [7, 11) is 1.59.